The van der Waals surface area contributed by atoms with E-state index in [0.29, 0.717) is 16.8 Å². The van der Waals surface area contributed by atoms with E-state index < -0.39 is 11.7 Å². The Hall–Kier alpha value is -2.28. The van der Waals surface area contributed by atoms with Gasteiger partial charge in [0.1, 0.15) is 16.9 Å². The third-order valence-corrected chi connectivity index (χ3v) is 3.85. The van der Waals surface area contributed by atoms with E-state index in [2.05, 4.69) is 4.98 Å². The third kappa shape index (κ3) is 2.40. The molecule has 1 aromatic carbocycles. The number of benzene rings is 1. The lowest BCUT2D eigenvalue weighted by molar-refractivity contribution is -0.0406. The van der Waals surface area contributed by atoms with Gasteiger partial charge >= 0.3 is 6.09 Å². The Labute approximate surface area is 120 Å². The van der Waals surface area contributed by atoms with Crippen molar-refractivity contribution in [3.63, 3.8) is 0 Å². The largest absolute Gasteiger partial charge is 0.497 e. The maximum atomic E-state index is 10.9. The van der Waals surface area contributed by atoms with E-state index in [1.54, 1.807) is 25.3 Å². The molecule has 0 aliphatic carbocycles. The van der Waals surface area contributed by atoms with Crippen LogP contribution in [0.4, 0.5) is 4.79 Å². The molecule has 1 aliphatic rings. The van der Waals surface area contributed by atoms with Crippen LogP contribution in [0, 0.1) is 0 Å². The molecule has 1 amide bonds. The van der Waals surface area contributed by atoms with Gasteiger partial charge in [-0.2, -0.15) is 0 Å². The molecule has 2 aromatic rings. The molecule has 0 spiro atoms. The van der Waals surface area contributed by atoms with E-state index in [1.807, 2.05) is 0 Å². The van der Waals surface area contributed by atoms with Gasteiger partial charge in [-0.3, -0.25) is 0 Å². The van der Waals surface area contributed by atoms with Crippen molar-refractivity contribution >= 4 is 17.2 Å². The number of rotatable bonds is 2. The minimum Gasteiger partial charge on any atom is -0.497 e. The Morgan fingerprint density at radius 1 is 1.43 bits per heavy atom. The summed E-state index contributed by atoms with van der Waals surface area (Å²) in [6, 6.07) is 5.23. The van der Waals surface area contributed by atoms with Crippen molar-refractivity contribution in [1.29, 1.82) is 0 Å². The average molecular weight is 292 g/mol. The minimum absolute atomic E-state index is 0.232. The van der Waals surface area contributed by atoms with Crippen LogP contribution in [0.3, 0.4) is 0 Å². The molecule has 7 heteroatoms. The number of carbonyl (C=O) groups is 1. The fourth-order valence-electron chi connectivity index (χ4n) is 2.52. The number of aromatic nitrogens is 1. The molecule has 1 aliphatic heterocycles. The first-order valence-corrected chi connectivity index (χ1v) is 6.67. The fraction of sp³-hybridized carbons (Fsp3) is 0.429. The maximum Gasteiger partial charge on any atom is 0.407 e. The van der Waals surface area contributed by atoms with E-state index in [4.69, 9.17) is 14.3 Å². The van der Waals surface area contributed by atoms with Crippen molar-refractivity contribution < 1.29 is 24.2 Å². The molecule has 2 heterocycles. The summed E-state index contributed by atoms with van der Waals surface area (Å²) in [5, 5.41) is 19.6. The zero-order chi connectivity index (χ0) is 15.0. The number of hydrogen-bond donors (Lipinski definition) is 2. The number of oxazole rings is 1. The van der Waals surface area contributed by atoms with Gasteiger partial charge in [-0.25, -0.2) is 9.78 Å². The van der Waals surface area contributed by atoms with E-state index in [9.17, 15) is 9.90 Å². The van der Waals surface area contributed by atoms with Crippen molar-refractivity contribution in [3.8, 4) is 5.75 Å². The smallest absolute Gasteiger partial charge is 0.407 e. The molecule has 1 aromatic heterocycles. The Morgan fingerprint density at radius 3 is 2.76 bits per heavy atom. The summed E-state index contributed by atoms with van der Waals surface area (Å²) < 4.78 is 10.7. The number of nitrogens with zero attached hydrogens (tertiary/aromatic N) is 2. The molecule has 112 valence electrons. The number of carboxylic acid groups (broad SMARTS) is 1. The lowest BCUT2D eigenvalue weighted by atomic mass is 9.91. The molecule has 0 radical (unpaired) electrons. The third-order valence-electron chi connectivity index (χ3n) is 3.85. The van der Waals surface area contributed by atoms with Crippen molar-refractivity contribution in [3.05, 3.63) is 24.1 Å². The van der Waals surface area contributed by atoms with E-state index in [1.165, 1.54) is 4.90 Å². The van der Waals surface area contributed by atoms with Crippen LogP contribution < -0.4 is 4.74 Å². The van der Waals surface area contributed by atoms with E-state index in [0.717, 1.165) is 0 Å². The van der Waals surface area contributed by atoms with Crippen molar-refractivity contribution in [2.24, 2.45) is 0 Å². The zero-order valence-electron chi connectivity index (χ0n) is 11.6. The standard InChI is InChI=1S/C14H16N2O5/c1-20-9-2-3-11-10(8-9)15-12(21-11)14(19)4-6-16(7-5-14)13(17)18/h2-3,8,19H,4-7H2,1H3,(H,17,18). The molecule has 1 saturated heterocycles. The zero-order valence-corrected chi connectivity index (χ0v) is 11.6. The van der Waals surface area contributed by atoms with Crippen LogP contribution >= 0.6 is 0 Å². The van der Waals surface area contributed by atoms with Gasteiger partial charge in [0, 0.05) is 32.0 Å². The Bertz CT molecular complexity index is 673. The van der Waals surface area contributed by atoms with Crippen LogP contribution in [0.25, 0.3) is 11.1 Å². The van der Waals surface area contributed by atoms with Crippen molar-refractivity contribution in [1.82, 2.24) is 9.88 Å². The summed E-state index contributed by atoms with van der Waals surface area (Å²) in [6.45, 7) is 0.516. The van der Waals surface area contributed by atoms with Crippen LogP contribution in [-0.4, -0.2) is 46.4 Å². The van der Waals surface area contributed by atoms with Crippen LogP contribution in [0.15, 0.2) is 22.6 Å². The second-order valence-corrected chi connectivity index (χ2v) is 5.15. The lowest BCUT2D eigenvalue weighted by Crippen LogP contribution is -2.44. The summed E-state index contributed by atoms with van der Waals surface area (Å²) in [6.07, 6.45) is -0.439. The summed E-state index contributed by atoms with van der Waals surface area (Å²) in [4.78, 5) is 16.5. The molecule has 0 atom stereocenters. The van der Waals surface area contributed by atoms with Gasteiger partial charge < -0.3 is 24.3 Å². The molecule has 21 heavy (non-hydrogen) atoms. The number of hydrogen-bond acceptors (Lipinski definition) is 5. The van der Waals surface area contributed by atoms with E-state index in [-0.39, 0.29) is 31.8 Å². The molecule has 7 nitrogen and oxygen atoms in total. The number of likely N-dealkylation sites (tertiary alicyclic amines) is 1. The van der Waals surface area contributed by atoms with Gasteiger partial charge in [-0.1, -0.05) is 0 Å². The van der Waals surface area contributed by atoms with Gasteiger partial charge in [0.25, 0.3) is 0 Å². The molecular formula is C14H16N2O5. The summed E-state index contributed by atoms with van der Waals surface area (Å²) in [7, 11) is 1.57. The van der Waals surface area contributed by atoms with Crippen LogP contribution in [0.5, 0.6) is 5.75 Å². The van der Waals surface area contributed by atoms with Gasteiger partial charge in [-0.05, 0) is 12.1 Å². The van der Waals surface area contributed by atoms with Gasteiger partial charge in [0.05, 0.1) is 7.11 Å². The van der Waals surface area contributed by atoms with Crippen molar-refractivity contribution in [2.75, 3.05) is 20.2 Å². The molecule has 0 unspecified atom stereocenters. The second-order valence-electron chi connectivity index (χ2n) is 5.15. The highest BCUT2D eigenvalue weighted by atomic mass is 16.5. The predicted molar refractivity (Wildman–Crippen MR) is 73.3 cm³/mol. The molecule has 2 N–H and O–H groups in total. The summed E-state index contributed by atoms with van der Waals surface area (Å²) >= 11 is 0. The second kappa shape index (κ2) is 4.92. The Morgan fingerprint density at radius 2 is 2.14 bits per heavy atom. The SMILES string of the molecule is COc1ccc2oc(C3(O)CCN(C(=O)O)CC3)nc2c1. The number of fused-ring (bicyclic) bond motifs is 1. The molecule has 0 saturated carbocycles. The van der Waals surface area contributed by atoms with Gasteiger partial charge in [-0.15, -0.1) is 0 Å². The molecule has 1 fully saturated rings. The summed E-state index contributed by atoms with van der Waals surface area (Å²) in [5.41, 5.74) is -0.0450. The van der Waals surface area contributed by atoms with E-state index >= 15 is 0 Å². The first-order chi connectivity index (χ1) is 10.0. The molecular weight excluding hydrogens is 276 g/mol. The predicted octanol–water partition coefficient (Wildman–Crippen LogP) is 1.80. The number of ether oxygens (including phenoxy) is 1. The van der Waals surface area contributed by atoms with Crippen LogP contribution in [0.1, 0.15) is 18.7 Å². The van der Waals surface area contributed by atoms with Gasteiger partial charge in [0.15, 0.2) is 5.58 Å². The average Bonchev–Trinajstić information content (AvgIpc) is 2.91. The Kier molecular flexibility index (Phi) is 3.21. The lowest BCUT2D eigenvalue weighted by Gasteiger charge is -2.34. The highest BCUT2D eigenvalue weighted by Crippen LogP contribution is 2.34. The van der Waals surface area contributed by atoms with Crippen LogP contribution in [-0.2, 0) is 5.60 Å². The number of piperidine rings is 1. The number of methoxy groups -OCH3 is 1. The van der Waals surface area contributed by atoms with Crippen LogP contribution in [0.2, 0.25) is 0 Å². The quantitative estimate of drug-likeness (QED) is 0.876. The monoisotopic (exact) mass is 292 g/mol. The first-order valence-electron chi connectivity index (χ1n) is 6.67. The number of amides is 1. The minimum atomic E-state index is -1.22. The Balaban J connectivity index is 1.88. The highest BCUT2D eigenvalue weighted by Gasteiger charge is 2.39. The molecule has 3 rings (SSSR count). The van der Waals surface area contributed by atoms with Crippen molar-refractivity contribution in [2.45, 2.75) is 18.4 Å². The molecule has 0 bridgehead atoms. The van der Waals surface area contributed by atoms with Gasteiger partial charge in [0.2, 0.25) is 5.89 Å². The highest BCUT2D eigenvalue weighted by molar-refractivity contribution is 5.74. The maximum absolute atomic E-state index is 10.9. The fourth-order valence-corrected chi connectivity index (χ4v) is 2.52. The normalized spacial score (nSPS) is 17.9. The summed E-state index contributed by atoms with van der Waals surface area (Å²) in [5.74, 6) is 0.894. The first kappa shape index (κ1) is 13.7. The topological polar surface area (TPSA) is 96.0 Å². The number of aliphatic hydroxyl groups is 1.